The summed E-state index contributed by atoms with van der Waals surface area (Å²) in [4.78, 5) is 27.7. The number of nitrogens with zero attached hydrogens (tertiary/aromatic N) is 1. The van der Waals surface area contributed by atoms with Gasteiger partial charge in [-0.3, -0.25) is 4.79 Å². The summed E-state index contributed by atoms with van der Waals surface area (Å²) in [6.45, 7) is 2.76. The zero-order chi connectivity index (χ0) is 25.4. The van der Waals surface area contributed by atoms with Crippen molar-refractivity contribution in [2.45, 2.75) is 57.7 Å². The highest BCUT2D eigenvalue weighted by Gasteiger charge is 2.43. The second kappa shape index (κ2) is 9.87. The van der Waals surface area contributed by atoms with Crippen molar-refractivity contribution in [2.24, 2.45) is 5.92 Å². The van der Waals surface area contributed by atoms with Crippen molar-refractivity contribution >= 4 is 28.5 Å². The molecular formula is C28H29ClFNO5. The molecule has 0 spiro atoms. The van der Waals surface area contributed by atoms with E-state index in [-0.39, 0.29) is 35.4 Å². The number of rotatable bonds is 5. The van der Waals surface area contributed by atoms with Gasteiger partial charge in [0.1, 0.15) is 23.8 Å². The molecule has 1 N–H and O–H groups in total. The molecule has 2 atom stereocenters. The number of aryl methyl sites for hydroxylation is 1. The molecule has 2 aliphatic rings. The van der Waals surface area contributed by atoms with E-state index < -0.39 is 17.0 Å². The molecule has 0 bridgehead atoms. The minimum atomic E-state index is -0.662. The second-order valence-corrected chi connectivity index (χ2v) is 10.4. The van der Waals surface area contributed by atoms with Gasteiger partial charge in [0.2, 0.25) is 5.91 Å². The van der Waals surface area contributed by atoms with Gasteiger partial charge in [-0.15, -0.1) is 0 Å². The second-order valence-electron chi connectivity index (χ2n) is 9.95. The van der Waals surface area contributed by atoms with Gasteiger partial charge >= 0.3 is 5.63 Å². The zero-order valence-electron chi connectivity index (χ0n) is 20.2. The van der Waals surface area contributed by atoms with E-state index in [1.54, 1.807) is 36.1 Å². The van der Waals surface area contributed by atoms with Crippen LogP contribution in [0.1, 0.15) is 48.8 Å². The number of fused-ring (bicyclic) bond motifs is 2. The minimum Gasteiger partial charge on any atom is -0.489 e. The van der Waals surface area contributed by atoms with Gasteiger partial charge in [-0.05, 0) is 56.0 Å². The largest absolute Gasteiger partial charge is 0.489 e. The fourth-order valence-corrected chi connectivity index (χ4v) is 5.77. The van der Waals surface area contributed by atoms with Gasteiger partial charge in [-0.25, -0.2) is 9.18 Å². The van der Waals surface area contributed by atoms with Crippen LogP contribution in [0.2, 0.25) is 5.02 Å². The van der Waals surface area contributed by atoms with Crippen LogP contribution in [0.25, 0.3) is 11.0 Å². The number of amides is 1. The molecule has 2 heterocycles. The molecule has 3 aromatic rings. The summed E-state index contributed by atoms with van der Waals surface area (Å²) in [5.41, 5.74) is 0.373. The monoisotopic (exact) mass is 513 g/mol. The molecule has 1 aliphatic heterocycles. The van der Waals surface area contributed by atoms with Crippen LogP contribution in [0.5, 0.6) is 5.75 Å². The van der Waals surface area contributed by atoms with Crippen molar-refractivity contribution in [2.75, 3.05) is 13.1 Å². The summed E-state index contributed by atoms with van der Waals surface area (Å²) in [6.07, 6.45) is 4.36. The Hall–Kier alpha value is -2.90. The normalized spacial score (nSPS) is 21.9. The highest BCUT2D eigenvalue weighted by Crippen LogP contribution is 2.40. The predicted octanol–water partition coefficient (Wildman–Crippen LogP) is 5.17. The molecule has 2 aromatic carbocycles. The van der Waals surface area contributed by atoms with E-state index in [1.165, 1.54) is 12.1 Å². The Morgan fingerprint density at radius 2 is 2.08 bits per heavy atom. The third-order valence-electron chi connectivity index (χ3n) is 7.81. The zero-order valence-corrected chi connectivity index (χ0v) is 20.9. The molecule has 1 aliphatic carbocycles. The number of halogens is 2. The Morgan fingerprint density at radius 3 is 2.89 bits per heavy atom. The van der Waals surface area contributed by atoms with Crippen molar-refractivity contribution < 1.29 is 23.4 Å². The third kappa shape index (κ3) is 4.74. The van der Waals surface area contributed by atoms with E-state index in [9.17, 15) is 19.1 Å². The van der Waals surface area contributed by atoms with Crippen LogP contribution in [0, 0.1) is 18.7 Å². The molecule has 8 heteroatoms. The topological polar surface area (TPSA) is 80.0 Å². The summed E-state index contributed by atoms with van der Waals surface area (Å²) in [6, 6.07) is 9.49. The van der Waals surface area contributed by atoms with Gasteiger partial charge < -0.3 is 19.2 Å². The Bertz CT molecular complexity index is 1350. The van der Waals surface area contributed by atoms with Gasteiger partial charge in [0.15, 0.2) is 0 Å². The summed E-state index contributed by atoms with van der Waals surface area (Å²) >= 11 is 6.06. The average Bonchev–Trinajstić information content (AvgIpc) is 2.85. The van der Waals surface area contributed by atoms with Gasteiger partial charge in [0.05, 0.1) is 22.6 Å². The molecule has 1 aromatic heterocycles. The molecule has 190 valence electrons. The smallest absolute Gasteiger partial charge is 0.340 e. The summed E-state index contributed by atoms with van der Waals surface area (Å²) in [5.74, 6) is -0.0851. The van der Waals surface area contributed by atoms with Crippen molar-refractivity contribution in [1.29, 1.82) is 0 Å². The number of ether oxygens (including phenoxy) is 1. The van der Waals surface area contributed by atoms with Crippen molar-refractivity contribution in [3.63, 3.8) is 0 Å². The van der Waals surface area contributed by atoms with E-state index in [0.29, 0.717) is 47.4 Å². The van der Waals surface area contributed by atoms with Crippen molar-refractivity contribution in [3.8, 4) is 5.75 Å². The third-order valence-corrected chi connectivity index (χ3v) is 8.17. The Kier molecular flexibility index (Phi) is 6.79. The lowest BCUT2D eigenvalue weighted by atomic mass is 9.71. The van der Waals surface area contributed by atoms with Crippen LogP contribution in [-0.2, 0) is 17.8 Å². The first-order chi connectivity index (χ1) is 17.2. The lowest BCUT2D eigenvalue weighted by Crippen LogP contribution is -2.55. The highest BCUT2D eigenvalue weighted by molar-refractivity contribution is 6.31. The molecule has 5 rings (SSSR count). The first kappa shape index (κ1) is 24.8. The summed E-state index contributed by atoms with van der Waals surface area (Å²) in [7, 11) is 0. The van der Waals surface area contributed by atoms with Crippen molar-refractivity contribution in [1.82, 2.24) is 4.90 Å². The van der Waals surface area contributed by atoms with Crippen LogP contribution < -0.4 is 10.4 Å². The first-order valence-corrected chi connectivity index (χ1v) is 12.7. The molecule has 1 saturated carbocycles. The Morgan fingerprint density at radius 1 is 1.25 bits per heavy atom. The quantitative estimate of drug-likeness (QED) is 0.476. The maximum Gasteiger partial charge on any atom is 0.340 e. The van der Waals surface area contributed by atoms with Crippen molar-refractivity contribution in [3.05, 3.63) is 74.3 Å². The number of carbonyl (C=O) groups excluding carboxylic acids is 1. The molecule has 6 nitrogen and oxygen atoms in total. The maximum absolute atomic E-state index is 14.0. The lowest BCUT2D eigenvalue weighted by Gasteiger charge is -2.47. The maximum atomic E-state index is 14.0. The highest BCUT2D eigenvalue weighted by atomic mass is 35.5. The molecule has 1 amide bonds. The van der Waals surface area contributed by atoms with Gasteiger partial charge in [0.25, 0.3) is 0 Å². The summed E-state index contributed by atoms with van der Waals surface area (Å²) < 4.78 is 25.3. The molecule has 36 heavy (non-hydrogen) atoms. The lowest BCUT2D eigenvalue weighted by molar-refractivity contribution is -0.142. The molecule has 0 radical (unpaired) electrons. The number of likely N-dealkylation sites (tertiary alicyclic amines) is 1. The predicted molar refractivity (Wildman–Crippen MR) is 135 cm³/mol. The SMILES string of the molecule is Cc1c(CC(=O)N2CCC3(O)CCCCC3C2)c(=O)oc2cc(OCc3c(F)cccc3Cl)ccc12. The summed E-state index contributed by atoms with van der Waals surface area (Å²) in [5, 5.41) is 11.9. The minimum absolute atomic E-state index is 0.0424. The standard InChI is InChI=1S/C28H29ClFNO5/c1-17-20-9-8-19(35-16-22-23(29)6-4-7-24(22)30)13-25(20)36-27(33)21(17)14-26(32)31-12-11-28(34)10-3-2-5-18(28)15-31/h4,6-9,13,18,34H,2-3,5,10-12,14-16H2,1H3. The van der Waals surface area contributed by atoms with Crippen LogP contribution in [0.4, 0.5) is 4.39 Å². The van der Waals surface area contributed by atoms with Gasteiger partial charge in [-0.2, -0.15) is 0 Å². The molecule has 2 fully saturated rings. The van der Waals surface area contributed by atoms with E-state index in [4.69, 9.17) is 20.8 Å². The number of aliphatic hydroxyl groups is 1. The number of carbonyl (C=O) groups is 1. The van der Waals surface area contributed by atoms with Gasteiger partial charge in [-0.1, -0.05) is 30.5 Å². The first-order valence-electron chi connectivity index (χ1n) is 12.4. The molecule has 1 saturated heterocycles. The molecule has 2 unspecified atom stereocenters. The fourth-order valence-electron chi connectivity index (χ4n) is 5.55. The Labute approximate surface area is 213 Å². The number of hydrogen-bond donors (Lipinski definition) is 1. The number of benzene rings is 2. The van der Waals surface area contributed by atoms with Crippen LogP contribution in [0.3, 0.4) is 0 Å². The average molecular weight is 514 g/mol. The van der Waals surface area contributed by atoms with E-state index in [0.717, 1.165) is 25.7 Å². The van der Waals surface area contributed by atoms with E-state index in [2.05, 4.69) is 0 Å². The Balaban J connectivity index is 1.32. The van der Waals surface area contributed by atoms with Crippen LogP contribution in [0.15, 0.2) is 45.6 Å². The van der Waals surface area contributed by atoms with E-state index in [1.807, 2.05) is 0 Å². The van der Waals surface area contributed by atoms with Crippen LogP contribution >= 0.6 is 11.6 Å². The molecular weight excluding hydrogens is 485 g/mol. The number of hydrogen-bond acceptors (Lipinski definition) is 5. The van der Waals surface area contributed by atoms with Crippen LogP contribution in [-0.4, -0.2) is 34.6 Å². The van der Waals surface area contributed by atoms with E-state index >= 15 is 0 Å². The fraction of sp³-hybridized carbons (Fsp3) is 0.429. The number of piperidine rings is 1. The van der Waals surface area contributed by atoms with Gasteiger partial charge in [0, 0.05) is 36.0 Å².